The van der Waals surface area contributed by atoms with Crippen molar-refractivity contribution >= 4 is 40.1 Å². The highest BCUT2D eigenvalue weighted by Crippen LogP contribution is 2.28. The lowest BCUT2D eigenvalue weighted by Crippen LogP contribution is -2.04. The molecule has 0 amide bonds. The van der Waals surface area contributed by atoms with Gasteiger partial charge in [-0.15, -0.1) is 0 Å². The van der Waals surface area contributed by atoms with Crippen LogP contribution in [0.3, 0.4) is 0 Å². The van der Waals surface area contributed by atoms with E-state index in [1.54, 1.807) is 18.2 Å². The molecule has 6 heteroatoms. The summed E-state index contributed by atoms with van der Waals surface area (Å²) in [6.07, 6.45) is 1.26. The predicted octanol–water partition coefficient (Wildman–Crippen LogP) is 5.80. The Labute approximate surface area is 161 Å². The van der Waals surface area contributed by atoms with Crippen molar-refractivity contribution in [1.29, 1.82) is 0 Å². The third-order valence-electron chi connectivity index (χ3n) is 4.33. The van der Waals surface area contributed by atoms with Gasteiger partial charge in [-0.25, -0.2) is 4.79 Å². The lowest BCUT2D eigenvalue weighted by molar-refractivity contribution is 0.0690. The summed E-state index contributed by atoms with van der Waals surface area (Å²) >= 11 is 12.2. The number of rotatable bonds is 6. The summed E-state index contributed by atoms with van der Waals surface area (Å²) in [5.41, 5.74) is 3.68. The van der Waals surface area contributed by atoms with Crippen LogP contribution in [0.4, 0.5) is 0 Å². The van der Waals surface area contributed by atoms with E-state index in [2.05, 4.69) is 4.98 Å². The minimum absolute atomic E-state index is 0.209. The zero-order valence-electron chi connectivity index (χ0n) is 14.5. The number of aromatic amines is 1. The highest BCUT2D eigenvalue weighted by molar-refractivity contribution is 6.32. The van der Waals surface area contributed by atoms with Crippen molar-refractivity contribution in [2.75, 3.05) is 6.61 Å². The summed E-state index contributed by atoms with van der Waals surface area (Å²) < 4.78 is 5.81. The number of carboxylic acids is 1. The van der Waals surface area contributed by atoms with Crippen LogP contribution in [0.2, 0.25) is 10.0 Å². The van der Waals surface area contributed by atoms with Gasteiger partial charge in [0.1, 0.15) is 11.4 Å². The number of aryl methyl sites for hydroxylation is 3. The standard InChI is InChI=1S/C20H19Cl2NO3/c1-11-8-14(9-12(2)18(11)22)26-7-3-4-15-16-10-13(21)5-6-17(16)23-19(15)20(24)25/h5-6,8-10,23H,3-4,7H2,1-2H3,(H,24,25). The minimum Gasteiger partial charge on any atom is -0.494 e. The molecule has 1 aromatic heterocycles. The van der Waals surface area contributed by atoms with E-state index in [-0.39, 0.29) is 5.69 Å². The monoisotopic (exact) mass is 391 g/mol. The number of aromatic nitrogens is 1. The quantitative estimate of drug-likeness (QED) is 0.521. The van der Waals surface area contributed by atoms with Crippen LogP contribution in [-0.4, -0.2) is 22.7 Å². The molecule has 3 rings (SSSR count). The molecule has 0 saturated carbocycles. The van der Waals surface area contributed by atoms with Gasteiger partial charge in [-0.2, -0.15) is 0 Å². The number of aromatic carboxylic acids is 1. The summed E-state index contributed by atoms with van der Waals surface area (Å²) in [6.45, 7) is 4.36. The predicted molar refractivity (Wildman–Crippen MR) is 105 cm³/mol. The van der Waals surface area contributed by atoms with Crippen molar-refractivity contribution in [3.63, 3.8) is 0 Å². The highest BCUT2D eigenvalue weighted by Gasteiger charge is 2.17. The Morgan fingerprint density at radius 3 is 2.50 bits per heavy atom. The second-order valence-corrected chi connectivity index (χ2v) is 7.11. The molecular weight excluding hydrogens is 373 g/mol. The Hall–Kier alpha value is -2.17. The molecule has 136 valence electrons. The average Bonchev–Trinajstić information content (AvgIpc) is 2.94. The van der Waals surface area contributed by atoms with Crippen molar-refractivity contribution in [2.45, 2.75) is 26.7 Å². The Bertz CT molecular complexity index is 956. The molecule has 4 nitrogen and oxygen atoms in total. The SMILES string of the molecule is Cc1cc(OCCCc2c(C(=O)O)[nH]c3ccc(Cl)cc23)cc(C)c1Cl. The molecule has 26 heavy (non-hydrogen) atoms. The summed E-state index contributed by atoms with van der Waals surface area (Å²) in [6, 6.07) is 9.14. The van der Waals surface area contributed by atoms with Gasteiger partial charge in [0.25, 0.3) is 0 Å². The number of H-pyrrole nitrogens is 1. The fourth-order valence-electron chi connectivity index (χ4n) is 3.09. The molecule has 1 heterocycles. The Balaban J connectivity index is 1.73. The van der Waals surface area contributed by atoms with Crippen LogP contribution >= 0.6 is 23.2 Å². The third kappa shape index (κ3) is 3.81. The van der Waals surface area contributed by atoms with Gasteiger partial charge in [0.2, 0.25) is 0 Å². The van der Waals surface area contributed by atoms with Crippen LogP contribution in [0.5, 0.6) is 5.75 Å². The van der Waals surface area contributed by atoms with Crippen LogP contribution in [-0.2, 0) is 6.42 Å². The third-order valence-corrected chi connectivity index (χ3v) is 5.16. The zero-order valence-corrected chi connectivity index (χ0v) is 16.0. The van der Waals surface area contributed by atoms with Crippen LogP contribution in [0.1, 0.15) is 33.6 Å². The summed E-state index contributed by atoms with van der Waals surface area (Å²) in [5, 5.41) is 11.6. The van der Waals surface area contributed by atoms with Gasteiger partial charge in [-0.1, -0.05) is 23.2 Å². The van der Waals surface area contributed by atoms with E-state index in [0.29, 0.717) is 24.5 Å². The number of carboxylic acid groups (broad SMARTS) is 1. The molecule has 3 aromatic rings. The number of benzene rings is 2. The van der Waals surface area contributed by atoms with E-state index in [4.69, 9.17) is 27.9 Å². The molecule has 0 atom stereocenters. The molecule has 0 aliphatic heterocycles. The second kappa shape index (κ2) is 7.60. The normalized spacial score (nSPS) is 11.1. The van der Waals surface area contributed by atoms with Crippen molar-refractivity contribution in [3.8, 4) is 5.75 Å². The Kier molecular flexibility index (Phi) is 5.44. The Morgan fingerprint density at radius 2 is 1.85 bits per heavy atom. The van der Waals surface area contributed by atoms with E-state index in [1.807, 2.05) is 26.0 Å². The van der Waals surface area contributed by atoms with Gasteiger partial charge < -0.3 is 14.8 Å². The molecule has 0 aliphatic rings. The molecule has 0 fully saturated rings. The van der Waals surface area contributed by atoms with Crippen LogP contribution in [0, 0.1) is 13.8 Å². The number of fused-ring (bicyclic) bond motifs is 1. The minimum atomic E-state index is -0.975. The van der Waals surface area contributed by atoms with Gasteiger partial charge >= 0.3 is 5.97 Å². The van der Waals surface area contributed by atoms with E-state index in [9.17, 15) is 9.90 Å². The van der Waals surface area contributed by atoms with Gasteiger partial charge in [-0.05, 0) is 73.7 Å². The fraction of sp³-hybridized carbons (Fsp3) is 0.250. The molecule has 2 N–H and O–H groups in total. The maximum Gasteiger partial charge on any atom is 0.352 e. The van der Waals surface area contributed by atoms with Crippen LogP contribution in [0.15, 0.2) is 30.3 Å². The van der Waals surface area contributed by atoms with Gasteiger partial charge in [0.05, 0.1) is 6.61 Å². The van der Waals surface area contributed by atoms with Crippen molar-refractivity contribution in [1.82, 2.24) is 4.98 Å². The van der Waals surface area contributed by atoms with Gasteiger partial charge in [0.15, 0.2) is 0 Å². The van der Waals surface area contributed by atoms with Crippen LogP contribution in [0.25, 0.3) is 10.9 Å². The molecule has 0 bridgehead atoms. The van der Waals surface area contributed by atoms with Crippen molar-refractivity contribution in [2.24, 2.45) is 0 Å². The summed E-state index contributed by atoms with van der Waals surface area (Å²) in [4.78, 5) is 14.5. The number of carbonyl (C=O) groups is 1. The largest absolute Gasteiger partial charge is 0.494 e. The number of hydrogen-bond donors (Lipinski definition) is 2. The molecule has 0 saturated heterocycles. The van der Waals surface area contributed by atoms with E-state index in [0.717, 1.165) is 38.4 Å². The number of nitrogens with one attached hydrogen (secondary N) is 1. The first-order valence-corrected chi connectivity index (χ1v) is 9.05. The lowest BCUT2D eigenvalue weighted by Gasteiger charge is -2.10. The maximum atomic E-state index is 11.5. The summed E-state index contributed by atoms with van der Waals surface area (Å²) in [7, 11) is 0. The molecular formula is C20H19Cl2NO3. The first kappa shape index (κ1) is 18.6. The molecule has 0 unspecified atom stereocenters. The first-order valence-electron chi connectivity index (χ1n) is 8.29. The summed E-state index contributed by atoms with van der Waals surface area (Å²) in [5.74, 6) is -0.206. The molecule has 0 spiro atoms. The first-order chi connectivity index (χ1) is 12.4. The fourth-order valence-corrected chi connectivity index (χ4v) is 3.37. The van der Waals surface area contributed by atoms with Crippen molar-refractivity contribution < 1.29 is 14.6 Å². The van der Waals surface area contributed by atoms with Gasteiger partial charge in [-0.3, -0.25) is 0 Å². The zero-order chi connectivity index (χ0) is 18.8. The topological polar surface area (TPSA) is 62.3 Å². The molecule has 0 radical (unpaired) electrons. The van der Waals surface area contributed by atoms with Crippen molar-refractivity contribution in [3.05, 3.63) is 62.8 Å². The number of ether oxygens (including phenoxy) is 1. The van der Waals surface area contributed by atoms with Gasteiger partial charge in [0, 0.05) is 20.9 Å². The van der Waals surface area contributed by atoms with E-state index < -0.39 is 5.97 Å². The number of halogens is 2. The smallest absolute Gasteiger partial charge is 0.352 e. The van der Waals surface area contributed by atoms with Crippen LogP contribution < -0.4 is 4.74 Å². The second-order valence-electron chi connectivity index (χ2n) is 6.30. The van der Waals surface area contributed by atoms with E-state index in [1.165, 1.54) is 0 Å². The highest BCUT2D eigenvalue weighted by atomic mass is 35.5. The van der Waals surface area contributed by atoms with E-state index >= 15 is 0 Å². The average molecular weight is 392 g/mol. The molecule has 2 aromatic carbocycles. The molecule has 0 aliphatic carbocycles. The number of hydrogen-bond acceptors (Lipinski definition) is 2. The lowest BCUT2D eigenvalue weighted by atomic mass is 10.1. The Morgan fingerprint density at radius 1 is 1.15 bits per heavy atom. The maximum absolute atomic E-state index is 11.5.